The highest BCUT2D eigenvalue weighted by atomic mass is 35.5. The zero-order valence-corrected chi connectivity index (χ0v) is 19.1. The molecule has 0 radical (unpaired) electrons. The minimum atomic E-state index is -0.519. The Bertz CT molecular complexity index is 1270. The van der Waals surface area contributed by atoms with Crippen molar-refractivity contribution in [3.63, 3.8) is 0 Å². The second-order valence-corrected chi connectivity index (χ2v) is 8.41. The third-order valence-electron chi connectivity index (χ3n) is 4.67. The van der Waals surface area contributed by atoms with Gasteiger partial charge < -0.3 is 0 Å². The molecular formula is C24H19ClFN5OS. The van der Waals surface area contributed by atoms with Gasteiger partial charge in [-0.05, 0) is 31.2 Å². The van der Waals surface area contributed by atoms with E-state index >= 15 is 0 Å². The number of carbonyl (C=O) groups excluding carboxylic acids is 1. The van der Waals surface area contributed by atoms with E-state index in [4.69, 9.17) is 11.6 Å². The number of aromatic nitrogens is 3. The van der Waals surface area contributed by atoms with Crippen molar-refractivity contribution in [1.82, 2.24) is 20.2 Å². The third-order valence-corrected chi connectivity index (χ3v) is 5.93. The molecule has 3 aromatic carbocycles. The Balaban J connectivity index is 1.50. The van der Waals surface area contributed by atoms with Crippen molar-refractivity contribution in [3.05, 3.63) is 94.8 Å². The molecule has 1 aromatic heterocycles. The number of halogens is 2. The molecule has 1 N–H and O–H groups in total. The number of benzene rings is 3. The zero-order valence-electron chi connectivity index (χ0n) is 17.6. The molecule has 4 aromatic rings. The van der Waals surface area contributed by atoms with Crippen molar-refractivity contribution in [2.45, 2.75) is 12.1 Å². The molecule has 0 saturated heterocycles. The Morgan fingerprint density at radius 1 is 1.09 bits per heavy atom. The molecule has 4 rings (SSSR count). The van der Waals surface area contributed by atoms with E-state index in [-0.39, 0.29) is 22.2 Å². The summed E-state index contributed by atoms with van der Waals surface area (Å²) in [6.07, 6.45) is 1.18. The molecule has 0 fully saturated rings. The van der Waals surface area contributed by atoms with Crippen molar-refractivity contribution in [1.29, 1.82) is 0 Å². The number of rotatable bonds is 7. The standard InChI is InChI=1S/C24H19ClFN5OS/c1-16-10-12-17(13-11-16)23-29-30-24(31(23)18-6-3-2-4-7-18)33-15-22(32)28-27-14-19-20(25)8-5-9-21(19)26/h2-14H,15H2,1H3,(H,28,32)/b27-14+. The summed E-state index contributed by atoms with van der Waals surface area (Å²) in [5.74, 6) is -0.171. The van der Waals surface area contributed by atoms with Crippen LogP contribution in [0.15, 0.2) is 83.1 Å². The minimum absolute atomic E-state index is 0.0429. The minimum Gasteiger partial charge on any atom is -0.272 e. The highest BCUT2D eigenvalue weighted by molar-refractivity contribution is 7.99. The summed E-state index contributed by atoms with van der Waals surface area (Å²) in [5.41, 5.74) is 5.44. The van der Waals surface area contributed by atoms with Crippen molar-refractivity contribution in [3.8, 4) is 17.1 Å². The summed E-state index contributed by atoms with van der Waals surface area (Å²) >= 11 is 7.18. The van der Waals surface area contributed by atoms with E-state index in [0.29, 0.717) is 11.0 Å². The summed E-state index contributed by atoms with van der Waals surface area (Å²) in [5, 5.41) is 13.3. The zero-order chi connectivity index (χ0) is 23.2. The van der Waals surface area contributed by atoms with E-state index in [9.17, 15) is 9.18 Å². The topological polar surface area (TPSA) is 72.2 Å². The van der Waals surface area contributed by atoms with Gasteiger partial charge in [0.2, 0.25) is 0 Å². The van der Waals surface area contributed by atoms with Gasteiger partial charge in [0.1, 0.15) is 5.82 Å². The predicted octanol–water partition coefficient (Wildman–Crippen LogP) is 5.28. The van der Waals surface area contributed by atoms with Crippen LogP contribution in [0.3, 0.4) is 0 Å². The predicted molar refractivity (Wildman–Crippen MR) is 129 cm³/mol. The highest BCUT2D eigenvalue weighted by Crippen LogP contribution is 2.28. The van der Waals surface area contributed by atoms with Crippen LogP contribution in [0, 0.1) is 12.7 Å². The van der Waals surface area contributed by atoms with Crippen LogP contribution < -0.4 is 5.43 Å². The SMILES string of the molecule is Cc1ccc(-c2nnc(SCC(=O)N/N=C/c3c(F)cccc3Cl)n2-c2ccccc2)cc1. The average Bonchev–Trinajstić information content (AvgIpc) is 3.24. The first kappa shape index (κ1) is 22.7. The molecule has 0 atom stereocenters. The lowest BCUT2D eigenvalue weighted by molar-refractivity contribution is -0.118. The molecule has 0 aliphatic carbocycles. The molecule has 33 heavy (non-hydrogen) atoms. The smallest absolute Gasteiger partial charge is 0.250 e. The first-order valence-electron chi connectivity index (χ1n) is 9.99. The third kappa shape index (κ3) is 5.47. The number of hydrazone groups is 1. The average molecular weight is 480 g/mol. The molecule has 0 spiro atoms. The van der Waals surface area contributed by atoms with Crippen LogP contribution >= 0.6 is 23.4 Å². The first-order valence-corrected chi connectivity index (χ1v) is 11.4. The van der Waals surface area contributed by atoms with E-state index in [1.165, 1.54) is 30.1 Å². The Labute approximate surface area is 199 Å². The van der Waals surface area contributed by atoms with Gasteiger partial charge in [-0.1, -0.05) is 77.5 Å². The number of thioether (sulfide) groups is 1. The van der Waals surface area contributed by atoms with Crippen LogP contribution in [0.2, 0.25) is 5.02 Å². The van der Waals surface area contributed by atoms with Gasteiger partial charge in [-0.15, -0.1) is 10.2 Å². The van der Waals surface area contributed by atoms with Crippen LogP contribution in [-0.4, -0.2) is 32.6 Å². The highest BCUT2D eigenvalue weighted by Gasteiger charge is 2.17. The lowest BCUT2D eigenvalue weighted by Gasteiger charge is -2.10. The Hall–Kier alpha value is -3.49. The second kappa shape index (κ2) is 10.4. The maximum absolute atomic E-state index is 13.8. The van der Waals surface area contributed by atoms with E-state index in [0.717, 1.165) is 16.8 Å². The van der Waals surface area contributed by atoms with Gasteiger partial charge >= 0.3 is 0 Å². The molecule has 1 amide bonds. The van der Waals surface area contributed by atoms with Crippen LogP contribution in [-0.2, 0) is 4.79 Å². The quantitative estimate of drug-likeness (QED) is 0.222. The summed E-state index contributed by atoms with van der Waals surface area (Å²) in [6, 6.07) is 22.0. The summed E-state index contributed by atoms with van der Waals surface area (Å²) < 4.78 is 15.7. The maximum atomic E-state index is 13.8. The summed E-state index contributed by atoms with van der Waals surface area (Å²) in [7, 11) is 0. The van der Waals surface area contributed by atoms with Crippen LogP contribution in [0.25, 0.3) is 17.1 Å². The van der Waals surface area contributed by atoms with Crippen LogP contribution in [0.4, 0.5) is 4.39 Å². The normalized spacial score (nSPS) is 11.1. The van der Waals surface area contributed by atoms with Gasteiger partial charge in [-0.2, -0.15) is 5.10 Å². The van der Waals surface area contributed by atoms with Crippen molar-refractivity contribution >= 4 is 35.5 Å². The Kier molecular flexibility index (Phi) is 7.16. The van der Waals surface area contributed by atoms with Crippen LogP contribution in [0.5, 0.6) is 0 Å². The van der Waals surface area contributed by atoms with Gasteiger partial charge in [-0.3, -0.25) is 9.36 Å². The fourth-order valence-corrected chi connectivity index (χ4v) is 3.98. The number of nitrogens with zero attached hydrogens (tertiary/aromatic N) is 4. The fraction of sp³-hybridized carbons (Fsp3) is 0.0833. The molecular weight excluding hydrogens is 461 g/mol. The number of aryl methyl sites for hydroxylation is 1. The maximum Gasteiger partial charge on any atom is 0.250 e. The molecule has 9 heteroatoms. The summed E-state index contributed by atoms with van der Waals surface area (Å²) in [6.45, 7) is 2.02. The van der Waals surface area contributed by atoms with E-state index < -0.39 is 5.82 Å². The van der Waals surface area contributed by atoms with Gasteiger partial charge in [-0.25, -0.2) is 9.82 Å². The van der Waals surface area contributed by atoms with Crippen LogP contribution in [0.1, 0.15) is 11.1 Å². The number of para-hydroxylation sites is 1. The van der Waals surface area contributed by atoms with Gasteiger partial charge in [0.15, 0.2) is 11.0 Å². The van der Waals surface area contributed by atoms with Crippen molar-refractivity contribution in [2.75, 3.05) is 5.75 Å². The number of nitrogens with one attached hydrogen (secondary N) is 1. The van der Waals surface area contributed by atoms with Gasteiger partial charge in [0, 0.05) is 16.8 Å². The van der Waals surface area contributed by atoms with Gasteiger partial charge in [0.05, 0.1) is 17.0 Å². The van der Waals surface area contributed by atoms with E-state index in [2.05, 4.69) is 20.7 Å². The van der Waals surface area contributed by atoms with Crippen molar-refractivity contribution in [2.24, 2.45) is 5.10 Å². The molecule has 6 nitrogen and oxygen atoms in total. The van der Waals surface area contributed by atoms with Gasteiger partial charge in [0.25, 0.3) is 5.91 Å². The lowest BCUT2D eigenvalue weighted by Crippen LogP contribution is -2.20. The molecule has 166 valence electrons. The molecule has 0 bridgehead atoms. The van der Waals surface area contributed by atoms with E-state index in [1.54, 1.807) is 6.07 Å². The number of amides is 1. The lowest BCUT2D eigenvalue weighted by atomic mass is 10.1. The van der Waals surface area contributed by atoms with E-state index in [1.807, 2.05) is 66.1 Å². The molecule has 0 aliphatic heterocycles. The molecule has 0 unspecified atom stereocenters. The van der Waals surface area contributed by atoms with Crippen molar-refractivity contribution < 1.29 is 9.18 Å². The number of hydrogen-bond donors (Lipinski definition) is 1. The monoisotopic (exact) mass is 479 g/mol. The largest absolute Gasteiger partial charge is 0.272 e. The number of hydrogen-bond acceptors (Lipinski definition) is 5. The second-order valence-electron chi connectivity index (χ2n) is 7.06. The first-order chi connectivity index (χ1) is 16.0. The Morgan fingerprint density at radius 2 is 1.85 bits per heavy atom. The molecule has 0 saturated carbocycles. The summed E-state index contributed by atoms with van der Waals surface area (Å²) in [4.78, 5) is 12.3. The molecule has 0 aliphatic rings. The molecule has 1 heterocycles. The Morgan fingerprint density at radius 3 is 2.58 bits per heavy atom. The fourth-order valence-electron chi connectivity index (χ4n) is 3.03. The number of carbonyl (C=O) groups is 1.